The molecule has 1 saturated heterocycles. The Balaban J connectivity index is 1.39. The number of piperazine rings is 1. The first-order valence-corrected chi connectivity index (χ1v) is 15.4. The molecule has 3 aromatic carbocycles. The number of aromatic nitrogens is 2. The lowest BCUT2D eigenvalue weighted by Gasteiger charge is -2.37. The fourth-order valence-corrected chi connectivity index (χ4v) is 5.91. The zero-order valence-electron chi connectivity index (χ0n) is 27.6. The molecule has 8 heteroatoms. The van der Waals surface area contributed by atoms with Crippen LogP contribution in [0.5, 0.6) is 0 Å². The Kier molecular flexibility index (Phi) is 8.81. The smallest absolute Gasteiger partial charge is 0.293 e. The van der Waals surface area contributed by atoms with Crippen LogP contribution in [0.15, 0.2) is 71.7 Å². The molecule has 45 heavy (non-hydrogen) atoms. The van der Waals surface area contributed by atoms with Crippen LogP contribution in [0.25, 0.3) is 11.3 Å². The number of aryl methyl sites for hydroxylation is 2. The first kappa shape index (κ1) is 31.9. The first-order valence-electron chi connectivity index (χ1n) is 15.4. The van der Waals surface area contributed by atoms with Crippen molar-refractivity contribution in [2.24, 2.45) is 7.05 Å². The van der Waals surface area contributed by atoms with Gasteiger partial charge in [-0.15, -0.1) is 0 Å². The van der Waals surface area contributed by atoms with Gasteiger partial charge in [0.25, 0.3) is 5.56 Å². The lowest BCUT2D eigenvalue weighted by atomic mass is 9.84. The average Bonchev–Trinajstić information content (AvgIpc) is 2.99. The normalized spacial score (nSPS) is 15.8. The van der Waals surface area contributed by atoms with Crippen molar-refractivity contribution in [1.29, 1.82) is 0 Å². The molecule has 0 aliphatic carbocycles. The van der Waals surface area contributed by atoms with Crippen LogP contribution in [-0.2, 0) is 23.7 Å². The minimum Gasteiger partial charge on any atom is -0.343 e. The van der Waals surface area contributed by atoms with E-state index in [1.54, 1.807) is 18.1 Å². The molecule has 5 rings (SSSR count). The highest BCUT2D eigenvalue weighted by Gasteiger charge is 2.32. The van der Waals surface area contributed by atoms with Gasteiger partial charge in [0.15, 0.2) is 11.6 Å². The second-order valence-electron chi connectivity index (χ2n) is 13.3. The van der Waals surface area contributed by atoms with E-state index in [1.807, 2.05) is 82.5 Å². The molecule has 234 valence electrons. The highest BCUT2D eigenvalue weighted by atomic mass is 16.2. The van der Waals surface area contributed by atoms with E-state index in [1.165, 1.54) is 10.1 Å². The number of nitrogens with zero attached hydrogens (tertiary/aromatic N) is 4. The number of hydrogen-bond acceptors (Lipinski definition) is 6. The van der Waals surface area contributed by atoms with Crippen molar-refractivity contribution in [2.75, 3.05) is 32.5 Å². The van der Waals surface area contributed by atoms with Gasteiger partial charge >= 0.3 is 0 Å². The molecule has 1 fully saturated rings. The maximum absolute atomic E-state index is 13.4. The summed E-state index contributed by atoms with van der Waals surface area (Å²) in [5.74, 6) is 0.338. The van der Waals surface area contributed by atoms with Crippen molar-refractivity contribution in [1.82, 2.24) is 19.4 Å². The molecule has 1 N–H and O–H groups in total. The summed E-state index contributed by atoms with van der Waals surface area (Å²) >= 11 is 0. The minimum atomic E-state index is -0.332. The summed E-state index contributed by atoms with van der Waals surface area (Å²) in [4.78, 5) is 47.9. The number of carbonyl (C=O) groups excluding carboxylic acids is 2. The van der Waals surface area contributed by atoms with Crippen molar-refractivity contribution in [3.8, 4) is 11.3 Å². The van der Waals surface area contributed by atoms with E-state index in [0.29, 0.717) is 17.9 Å². The van der Waals surface area contributed by atoms with E-state index in [4.69, 9.17) is 4.98 Å². The highest BCUT2D eigenvalue weighted by molar-refractivity contribution is 5.99. The molecule has 0 radical (unpaired) electrons. The zero-order valence-corrected chi connectivity index (χ0v) is 27.6. The Morgan fingerprint density at radius 1 is 0.956 bits per heavy atom. The third-order valence-corrected chi connectivity index (χ3v) is 8.87. The quantitative estimate of drug-likeness (QED) is 0.261. The van der Waals surface area contributed by atoms with Gasteiger partial charge in [-0.25, -0.2) is 4.98 Å². The fraction of sp³-hybridized carbons (Fsp3) is 0.351. The number of Topliss-reactive ketones (excluding diaryl/α,β-unsaturated/α-hetero) is 1. The van der Waals surface area contributed by atoms with Crippen molar-refractivity contribution in [3.05, 3.63) is 111 Å². The summed E-state index contributed by atoms with van der Waals surface area (Å²) in [5, 5.41) is 3.19. The zero-order chi connectivity index (χ0) is 32.6. The number of benzene rings is 3. The Morgan fingerprint density at radius 2 is 1.67 bits per heavy atom. The number of rotatable bonds is 7. The topological polar surface area (TPSA) is 87.5 Å². The summed E-state index contributed by atoms with van der Waals surface area (Å²) in [5.41, 5.74) is 7.63. The molecule has 1 aromatic heterocycles. The Labute approximate surface area is 265 Å². The monoisotopic (exact) mass is 605 g/mol. The van der Waals surface area contributed by atoms with Gasteiger partial charge in [0.05, 0.1) is 5.69 Å². The van der Waals surface area contributed by atoms with Gasteiger partial charge in [0.2, 0.25) is 5.91 Å². The van der Waals surface area contributed by atoms with E-state index in [9.17, 15) is 14.4 Å². The van der Waals surface area contributed by atoms with Crippen molar-refractivity contribution >= 4 is 23.2 Å². The summed E-state index contributed by atoms with van der Waals surface area (Å²) in [6.07, 6.45) is 1.99. The average molecular weight is 606 g/mol. The summed E-state index contributed by atoms with van der Waals surface area (Å²) in [7, 11) is 5.49. The number of anilines is 2. The lowest BCUT2D eigenvalue weighted by Crippen LogP contribution is -2.48. The largest absolute Gasteiger partial charge is 0.343 e. The molecule has 4 aromatic rings. The molecule has 0 spiro atoms. The van der Waals surface area contributed by atoms with Crippen LogP contribution in [-0.4, -0.2) is 58.2 Å². The number of carbonyl (C=O) groups is 2. The van der Waals surface area contributed by atoms with Crippen LogP contribution in [0.3, 0.4) is 0 Å². The van der Waals surface area contributed by atoms with Crippen LogP contribution in [0.2, 0.25) is 0 Å². The number of ketones is 1. The van der Waals surface area contributed by atoms with Crippen LogP contribution < -0.4 is 10.9 Å². The van der Waals surface area contributed by atoms with E-state index in [-0.39, 0.29) is 40.9 Å². The van der Waals surface area contributed by atoms with E-state index in [0.717, 1.165) is 39.9 Å². The molecular weight excluding hydrogens is 562 g/mol. The third-order valence-electron chi connectivity index (χ3n) is 8.87. The van der Waals surface area contributed by atoms with Gasteiger partial charge in [0, 0.05) is 56.6 Å². The Hall–Kier alpha value is -4.56. The van der Waals surface area contributed by atoms with Crippen molar-refractivity contribution in [2.45, 2.75) is 52.5 Å². The molecular formula is C37H43N5O3. The molecule has 1 aliphatic rings. The highest BCUT2D eigenvalue weighted by Crippen LogP contribution is 2.29. The van der Waals surface area contributed by atoms with Crippen molar-refractivity contribution in [3.63, 3.8) is 0 Å². The number of likely N-dealkylation sites (N-methyl/N-ethyl adjacent to an activating group) is 2. The second-order valence-corrected chi connectivity index (χ2v) is 13.3. The SMILES string of the molecule is Cc1cc(C(C)(C)C)ccc1C(=O)Cc1cccc(-c2cn(C)c(=O)c(Nc3ccc(C4C(=O)N(C)CCN4C)cc3)n2)c1C. The van der Waals surface area contributed by atoms with E-state index in [2.05, 4.69) is 37.1 Å². The molecule has 0 saturated carbocycles. The molecule has 1 unspecified atom stereocenters. The molecule has 2 heterocycles. The Bertz CT molecular complexity index is 1820. The van der Waals surface area contributed by atoms with Crippen LogP contribution in [0.1, 0.15) is 65.0 Å². The van der Waals surface area contributed by atoms with Gasteiger partial charge < -0.3 is 14.8 Å². The van der Waals surface area contributed by atoms with Gasteiger partial charge in [0.1, 0.15) is 6.04 Å². The predicted octanol–water partition coefficient (Wildman–Crippen LogP) is 5.98. The van der Waals surface area contributed by atoms with Crippen LogP contribution in [0.4, 0.5) is 11.5 Å². The maximum atomic E-state index is 13.4. The van der Waals surface area contributed by atoms with E-state index >= 15 is 0 Å². The maximum Gasteiger partial charge on any atom is 0.293 e. The van der Waals surface area contributed by atoms with Gasteiger partial charge in [-0.05, 0) is 66.3 Å². The number of amides is 1. The standard InChI is InChI=1S/C37H43N5O3/c1-23-20-27(37(3,4)5)14-17-29(23)32(43)21-26-10-9-11-30(24(26)2)31-22-42(8)36(45)34(39-31)38-28-15-12-25(13-16-28)33-35(44)41(7)19-18-40(33)6/h9-17,20,22,33H,18-19,21H2,1-8H3,(H,38,39). The first-order chi connectivity index (χ1) is 21.2. The van der Waals surface area contributed by atoms with Crippen molar-refractivity contribution < 1.29 is 9.59 Å². The molecule has 8 nitrogen and oxygen atoms in total. The van der Waals surface area contributed by atoms with Crippen LogP contribution in [0, 0.1) is 13.8 Å². The van der Waals surface area contributed by atoms with E-state index < -0.39 is 0 Å². The number of nitrogens with one attached hydrogen (secondary N) is 1. The minimum absolute atomic E-state index is 0.0148. The second kappa shape index (κ2) is 12.4. The summed E-state index contributed by atoms with van der Waals surface area (Å²) in [6.45, 7) is 12.0. The lowest BCUT2D eigenvalue weighted by molar-refractivity contribution is -0.139. The predicted molar refractivity (Wildman–Crippen MR) is 180 cm³/mol. The summed E-state index contributed by atoms with van der Waals surface area (Å²) < 4.78 is 1.52. The Morgan fingerprint density at radius 3 is 2.33 bits per heavy atom. The molecule has 1 atom stereocenters. The third kappa shape index (κ3) is 6.61. The van der Waals surface area contributed by atoms with Crippen LogP contribution >= 0.6 is 0 Å². The van der Waals surface area contributed by atoms with Gasteiger partial charge in [-0.1, -0.05) is 69.3 Å². The van der Waals surface area contributed by atoms with Gasteiger partial charge in [-0.3, -0.25) is 19.3 Å². The molecule has 1 amide bonds. The molecule has 0 bridgehead atoms. The fourth-order valence-electron chi connectivity index (χ4n) is 5.91. The summed E-state index contributed by atoms with van der Waals surface area (Å²) in [6, 6.07) is 19.2. The van der Waals surface area contributed by atoms with Gasteiger partial charge in [-0.2, -0.15) is 0 Å². The molecule has 1 aliphatic heterocycles. The number of hydrogen-bond donors (Lipinski definition) is 1.